The molecule has 0 unspecified atom stereocenters. The first-order valence-corrected chi connectivity index (χ1v) is 8.39. The van der Waals surface area contributed by atoms with Gasteiger partial charge in [0.05, 0.1) is 21.2 Å². The molecule has 0 bridgehead atoms. The first-order chi connectivity index (χ1) is 11.1. The van der Waals surface area contributed by atoms with Gasteiger partial charge in [0.2, 0.25) is 0 Å². The van der Waals surface area contributed by atoms with E-state index < -0.39 is 11.7 Å². The Morgan fingerprint density at radius 1 is 1.33 bits per heavy atom. The van der Waals surface area contributed by atoms with Crippen molar-refractivity contribution in [2.24, 2.45) is 0 Å². The molecule has 0 aliphatic rings. The Hall–Kier alpha value is -1.21. The number of nitrogens with two attached hydrogens (primary N) is 1. The van der Waals surface area contributed by atoms with Crippen LogP contribution in [0.3, 0.4) is 0 Å². The van der Waals surface area contributed by atoms with Gasteiger partial charge in [-0.3, -0.25) is 0 Å². The maximum Gasteiger partial charge on any atom is 0.416 e. The molecule has 24 heavy (non-hydrogen) atoms. The van der Waals surface area contributed by atoms with Crippen LogP contribution in [0.1, 0.15) is 16.8 Å². The lowest BCUT2D eigenvalue weighted by atomic mass is 10.2. The van der Waals surface area contributed by atoms with Crippen molar-refractivity contribution in [3.63, 3.8) is 0 Å². The molecule has 0 atom stereocenters. The summed E-state index contributed by atoms with van der Waals surface area (Å²) in [5.74, 6) is -0.0160. The number of halogens is 7. The van der Waals surface area contributed by atoms with E-state index in [1.54, 1.807) is 0 Å². The van der Waals surface area contributed by atoms with Crippen LogP contribution in [0.4, 0.5) is 19.0 Å². The average Bonchev–Trinajstić information content (AvgIpc) is 2.81. The highest BCUT2D eigenvalue weighted by atomic mass is 79.9. The van der Waals surface area contributed by atoms with E-state index in [1.165, 1.54) is 4.99 Å². The van der Waals surface area contributed by atoms with Crippen LogP contribution in [-0.2, 0) is 6.18 Å². The SMILES string of the molecule is N#Cc1nn(-c2c(Cl)cc(C(F)(F)F)cc2Cl)c(N)c1/C(Br)=C/Br. The third kappa shape index (κ3) is 3.42. The Kier molecular flexibility index (Phi) is 5.54. The lowest BCUT2D eigenvalue weighted by Gasteiger charge is -2.13. The molecular weight excluding hydrogens is 500 g/mol. The molecule has 0 radical (unpaired) electrons. The molecule has 0 amide bonds. The van der Waals surface area contributed by atoms with Crippen LogP contribution in [0.2, 0.25) is 10.0 Å². The molecule has 4 nitrogen and oxygen atoms in total. The van der Waals surface area contributed by atoms with Gasteiger partial charge in [0.1, 0.15) is 17.6 Å². The second-order valence-electron chi connectivity index (χ2n) is 4.38. The maximum atomic E-state index is 12.8. The van der Waals surface area contributed by atoms with E-state index in [9.17, 15) is 18.4 Å². The van der Waals surface area contributed by atoms with Gasteiger partial charge in [-0.15, -0.1) is 0 Å². The number of hydrogen-bond acceptors (Lipinski definition) is 3. The van der Waals surface area contributed by atoms with Crippen molar-refractivity contribution in [1.82, 2.24) is 9.78 Å². The fourth-order valence-corrected chi connectivity index (χ4v) is 3.17. The average molecular weight is 505 g/mol. The van der Waals surface area contributed by atoms with Crippen LogP contribution in [0.25, 0.3) is 10.2 Å². The standard InChI is InChI=1S/C13H5Br2Cl2F3N4/c14-3-6(15)10-9(4-21)23-24(12(10)22)11-7(16)1-5(2-8(11)17)13(18,19)20/h1-3H,22H2/b6-3-. The molecule has 1 aromatic heterocycles. The molecule has 0 saturated carbocycles. The first-order valence-electron chi connectivity index (χ1n) is 5.93. The summed E-state index contributed by atoms with van der Waals surface area (Å²) >= 11 is 18.2. The number of hydrogen-bond donors (Lipinski definition) is 1. The Morgan fingerprint density at radius 2 is 1.88 bits per heavy atom. The Labute approximate surface area is 160 Å². The number of anilines is 1. The number of alkyl halides is 3. The highest BCUT2D eigenvalue weighted by Gasteiger charge is 2.33. The van der Waals surface area contributed by atoms with Crippen LogP contribution in [0.15, 0.2) is 17.1 Å². The highest BCUT2D eigenvalue weighted by molar-refractivity contribution is 9.16. The van der Waals surface area contributed by atoms with E-state index in [4.69, 9.17) is 28.9 Å². The predicted molar refractivity (Wildman–Crippen MR) is 93.5 cm³/mol. The quantitative estimate of drug-likeness (QED) is 0.567. The van der Waals surface area contributed by atoms with Crippen molar-refractivity contribution < 1.29 is 13.2 Å². The molecule has 0 aliphatic heterocycles. The molecule has 1 aromatic carbocycles. The van der Waals surface area contributed by atoms with E-state index in [2.05, 4.69) is 37.0 Å². The minimum absolute atomic E-state index is 0.0160. The van der Waals surface area contributed by atoms with Crippen molar-refractivity contribution in [3.8, 4) is 11.8 Å². The molecular formula is C13H5Br2Cl2F3N4. The lowest BCUT2D eigenvalue weighted by Crippen LogP contribution is -2.08. The topological polar surface area (TPSA) is 67.6 Å². The molecule has 0 saturated heterocycles. The maximum absolute atomic E-state index is 12.8. The Morgan fingerprint density at radius 3 is 2.29 bits per heavy atom. The summed E-state index contributed by atoms with van der Waals surface area (Å²) in [5, 5.41) is 12.5. The van der Waals surface area contributed by atoms with Crippen LogP contribution >= 0.6 is 55.1 Å². The van der Waals surface area contributed by atoms with Crippen LogP contribution in [0, 0.1) is 11.3 Å². The molecule has 1 heterocycles. The summed E-state index contributed by atoms with van der Waals surface area (Å²) in [7, 11) is 0. The second-order valence-corrected chi connectivity index (χ2v) is 6.50. The fraction of sp³-hybridized carbons (Fsp3) is 0.0769. The number of aromatic nitrogens is 2. The molecule has 2 rings (SSSR count). The van der Waals surface area contributed by atoms with Gasteiger partial charge in [-0.2, -0.15) is 23.5 Å². The number of nitrogens with zero attached hydrogens (tertiary/aromatic N) is 3. The summed E-state index contributed by atoms with van der Waals surface area (Å²) in [6.07, 6.45) is -4.60. The van der Waals surface area contributed by atoms with Crippen molar-refractivity contribution in [1.29, 1.82) is 5.26 Å². The van der Waals surface area contributed by atoms with E-state index >= 15 is 0 Å². The van der Waals surface area contributed by atoms with Crippen molar-refractivity contribution in [2.45, 2.75) is 6.18 Å². The van der Waals surface area contributed by atoms with Gasteiger partial charge >= 0.3 is 6.18 Å². The molecule has 2 aromatic rings. The monoisotopic (exact) mass is 502 g/mol. The van der Waals surface area contributed by atoms with Gasteiger partial charge in [-0.25, -0.2) is 4.68 Å². The third-order valence-corrected chi connectivity index (χ3v) is 5.19. The lowest BCUT2D eigenvalue weighted by molar-refractivity contribution is -0.137. The van der Waals surface area contributed by atoms with Gasteiger partial charge in [0.15, 0.2) is 5.69 Å². The molecule has 0 fully saturated rings. The summed E-state index contributed by atoms with van der Waals surface area (Å²) in [6, 6.07) is 3.27. The largest absolute Gasteiger partial charge is 0.416 e. The normalized spacial score (nSPS) is 12.3. The summed E-state index contributed by atoms with van der Waals surface area (Å²) in [4.78, 5) is 1.46. The minimum Gasteiger partial charge on any atom is -0.383 e. The number of nitriles is 1. The van der Waals surface area contributed by atoms with Crippen molar-refractivity contribution >= 4 is 65.4 Å². The second kappa shape index (κ2) is 6.96. The number of rotatable bonds is 2. The van der Waals surface area contributed by atoms with Crippen molar-refractivity contribution in [2.75, 3.05) is 5.73 Å². The summed E-state index contributed by atoms with van der Waals surface area (Å²) in [5.41, 5.74) is 5.11. The first kappa shape index (κ1) is 19.1. The molecule has 126 valence electrons. The summed E-state index contributed by atoms with van der Waals surface area (Å²) in [6.45, 7) is 0. The van der Waals surface area contributed by atoms with Gasteiger partial charge in [0.25, 0.3) is 0 Å². The van der Waals surface area contributed by atoms with E-state index in [0.29, 0.717) is 16.6 Å². The smallest absolute Gasteiger partial charge is 0.383 e. The predicted octanol–water partition coefficient (Wildman–Crippen LogP) is 5.74. The van der Waals surface area contributed by atoms with Crippen LogP contribution in [0.5, 0.6) is 0 Å². The van der Waals surface area contributed by atoms with E-state index in [1.807, 2.05) is 6.07 Å². The minimum atomic E-state index is -4.60. The van der Waals surface area contributed by atoms with Crippen molar-refractivity contribution in [3.05, 3.63) is 44.0 Å². The zero-order chi connectivity index (χ0) is 18.2. The zero-order valence-electron chi connectivity index (χ0n) is 11.3. The van der Waals surface area contributed by atoms with Gasteiger partial charge in [-0.05, 0) is 33.0 Å². The van der Waals surface area contributed by atoms with Crippen LogP contribution < -0.4 is 5.73 Å². The van der Waals surface area contributed by atoms with Gasteiger partial charge in [-0.1, -0.05) is 39.1 Å². The fourth-order valence-electron chi connectivity index (χ4n) is 1.90. The van der Waals surface area contributed by atoms with E-state index in [0.717, 1.165) is 4.68 Å². The van der Waals surface area contributed by atoms with Crippen LogP contribution in [-0.4, -0.2) is 9.78 Å². The Bertz CT molecular complexity index is 862. The third-order valence-electron chi connectivity index (χ3n) is 2.92. The highest BCUT2D eigenvalue weighted by Crippen LogP contribution is 2.40. The molecule has 0 aliphatic carbocycles. The number of benzene rings is 1. The molecule has 11 heteroatoms. The summed E-state index contributed by atoms with van der Waals surface area (Å²) < 4.78 is 39.9. The molecule has 2 N–H and O–H groups in total. The van der Waals surface area contributed by atoms with Gasteiger partial charge in [0, 0.05) is 4.48 Å². The Balaban J connectivity index is 2.75. The molecule has 0 spiro atoms. The van der Waals surface area contributed by atoms with Gasteiger partial charge < -0.3 is 5.73 Å². The van der Waals surface area contributed by atoms with E-state index in [-0.39, 0.29) is 32.8 Å². The number of nitrogen functional groups attached to an aromatic ring is 1. The zero-order valence-corrected chi connectivity index (χ0v) is 16.0.